The molecular weight excluding hydrogens is 402 g/mol. The average Bonchev–Trinajstić information content (AvgIpc) is 3.29. The number of carbonyl (C=O) groups is 1. The zero-order chi connectivity index (χ0) is 22.3. The lowest BCUT2D eigenvalue weighted by molar-refractivity contribution is 0.102. The van der Waals surface area contributed by atoms with E-state index < -0.39 is 0 Å². The maximum Gasteiger partial charge on any atom is 0.256 e. The summed E-state index contributed by atoms with van der Waals surface area (Å²) in [7, 11) is 0. The first-order valence-electron chi connectivity index (χ1n) is 11.0. The summed E-state index contributed by atoms with van der Waals surface area (Å²) in [5.41, 5.74) is 3.93. The predicted octanol–water partition coefficient (Wildman–Crippen LogP) is 4.56. The fourth-order valence-corrected chi connectivity index (χ4v) is 3.91. The van der Waals surface area contributed by atoms with E-state index in [2.05, 4.69) is 25.5 Å². The highest BCUT2D eigenvalue weighted by Crippen LogP contribution is 2.21. The smallest absolute Gasteiger partial charge is 0.256 e. The maximum absolute atomic E-state index is 12.6. The molecule has 1 aliphatic rings. The Morgan fingerprint density at radius 3 is 2.41 bits per heavy atom. The van der Waals surface area contributed by atoms with Crippen LogP contribution in [0.5, 0.6) is 5.75 Å². The van der Waals surface area contributed by atoms with Gasteiger partial charge in [-0.3, -0.25) is 9.69 Å². The van der Waals surface area contributed by atoms with Crippen molar-refractivity contribution >= 4 is 23.2 Å². The Morgan fingerprint density at radius 2 is 1.69 bits per heavy atom. The molecule has 1 saturated heterocycles. The van der Waals surface area contributed by atoms with Gasteiger partial charge in [-0.05, 0) is 63.0 Å². The Morgan fingerprint density at radius 1 is 1.00 bits per heavy atom. The van der Waals surface area contributed by atoms with Crippen LogP contribution in [0.4, 0.5) is 17.3 Å². The molecule has 0 spiro atoms. The van der Waals surface area contributed by atoms with Crippen molar-refractivity contribution in [2.24, 2.45) is 0 Å². The lowest BCUT2D eigenvalue weighted by atomic mass is 10.0. The minimum atomic E-state index is -0.163. The molecule has 2 heterocycles. The van der Waals surface area contributed by atoms with Crippen molar-refractivity contribution in [3.63, 3.8) is 0 Å². The highest BCUT2D eigenvalue weighted by Gasteiger charge is 2.13. The van der Waals surface area contributed by atoms with Crippen LogP contribution in [-0.4, -0.2) is 47.0 Å². The van der Waals surface area contributed by atoms with Gasteiger partial charge in [-0.25, -0.2) is 9.97 Å². The molecule has 0 aliphatic carbocycles. The molecule has 0 unspecified atom stereocenters. The molecule has 3 aromatic rings. The molecule has 0 bridgehead atoms. The molecule has 1 aliphatic heterocycles. The minimum Gasteiger partial charge on any atom is -0.492 e. The average molecular weight is 432 g/mol. The van der Waals surface area contributed by atoms with Crippen LogP contribution in [0.3, 0.4) is 0 Å². The molecule has 4 rings (SSSR count). The standard InChI is InChI=1S/C25H29N5O2/c1-18-7-5-8-19(2)23(18)24(31)28-21-16-26-25(27-17-21)29-20-9-6-10-22(15-20)32-14-13-30-11-3-4-12-30/h5-10,15-17H,3-4,11-14H2,1-2H3,(H,28,31)(H,26,27,29). The normalized spacial score (nSPS) is 13.7. The van der Waals surface area contributed by atoms with Gasteiger partial charge in [0.1, 0.15) is 12.4 Å². The number of aryl methyl sites for hydroxylation is 2. The Labute approximate surface area is 188 Å². The molecule has 0 atom stereocenters. The van der Waals surface area contributed by atoms with E-state index in [1.807, 2.05) is 56.3 Å². The minimum absolute atomic E-state index is 0.163. The zero-order valence-electron chi connectivity index (χ0n) is 18.6. The van der Waals surface area contributed by atoms with Gasteiger partial charge >= 0.3 is 0 Å². The third kappa shape index (κ3) is 5.62. The third-order valence-corrected chi connectivity index (χ3v) is 5.58. The van der Waals surface area contributed by atoms with Crippen molar-refractivity contribution in [1.29, 1.82) is 0 Å². The van der Waals surface area contributed by atoms with Crippen LogP contribution in [0.15, 0.2) is 54.9 Å². The van der Waals surface area contributed by atoms with E-state index in [-0.39, 0.29) is 5.91 Å². The van der Waals surface area contributed by atoms with Gasteiger partial charge < -0.3 is 15.4 Å². The fourth-order valence-electron chi connectivity index (χ4n) is 3.91. The highest BCUT2D eigenvalue weighted by molar-refractivity contribution is 6.06. The molecule has 1 fully saturated rings. The number of amides is 1. The van der Waals surface area contributed by atoms with E-state index in [1.54, 1.807) is 12.4 Å². The van der Waals surface area contributed by atoms with E-state index in [0.717, 1.165) is 29.1 Å². The summed E-state index contributed by atoms with van der Waals surface area (Å²) in [4.78, 5) is 23.7. The van der Waals surface area contributed by atoms with E-state index in [4.69, 9.17) is 4.74 Å². The number of carbonyl (C=O) groups excluding carboxylic acids is 1. The summed E-state index contributed by atoms with van der Waals surface area (Å²) in [6.07, 6.45) is 5.76. The van der Waals surface area contributed by atoms with Crippen LogP contribution < -0.4 is 15.4 Å². The summed E-state index contributed by atoms with van der Waals surface area (Å²) >= 11 is 0. The Hall–Kier alpha value is -3.45. The van der Waals surface area contributed by atoms with E-state index in [0.29, 0.717) is 23.8 Å². The van der Waals surface area contributed by atoms with Gasteiger partial charge in [-0.2, -0.15) is 0 Å². The second kappa shape index (κ2) is 10.2. The molecular formula is C25H29N5O2. The number of likely N-dealkylation sites (tertiary alicyclic amines) is 1. The van der Waals surface area contributed by atoms with Crippen LogP contribution in [0.1, 0.15) is 34.3 Å². The van der Waals surface area contributed by atoms with Crippen LogP contribution in [-0.2, 0) is 0 Å². The summed E-state index contributed by atoms with van der Waals surface area (Å²) in [6, 6.07) is 13.6. The van der Waals surface area contributed by atoms with Gasteiger partial charge in [0.15, 0.2) is 0 Å². The number of aromatic nitrogens is 2. The topological polar surface area (TPSA) is 79.4 Å². The van der Waals surface area contributed by atoms with Crippen LogP contribution in [0.2, 0.25) is 0 Å². The van der Waals surface area contributed by atoms with Gasteiger partial charge in [0.05, 0.1) is 18.1 Å². The van der Waals surface area contributed by atoms with Crippen LogP contribution in [0.25, 0.3) is 0 Å². The number of rotatable bonds is 8. The monoisotopic (exact) mass is 431 g/mol. The second-order valence-electron chi connectivity index (χ2n) is 8.07. The number of nitrogens with one attached hydrogen (secondary N) is 2. The van der Waals surface area contributed by atoms with Gasteiger partial charge in [0.2, 0.25) is 5.95 Å². The summed E-state index contributed by atoms with van der Waals surface area (Å²) < 4.78 is 5.90. The van der Waals surface area contributed by atoms with Crippen molar-refractivity contribution in [1.82, 2.24) is 14.9 Å². The summed E-state index contributed by atoms with van der Waals surface area (Å²) in [5.74, 6) is 1.10. The fraction of sp³-hybridized carbons (Fsp3) is 0.320. The van der Waals surface area contributed by atoms with Gasteiger partial charge in [-0.1, -0.05) is 24.3 Å². The van der Waals surface area contributed by atoms with E-state index >= 15 is 0 Å². The van der Waals surface area contributed by atoms with Crippen molar-refractivity contribution in [3.8, 4) is 5.75 Å². The Balaban J connectivity index is 1.33. The number of ether oxygens (including phenoxy) is 1. The molecule has 0 radical (unpaired) electrons. The SMILES string of the molecule is Cc1cccc(C)c1C(=O)Nc1cnc(Nc2cccc(OCCN3CCCC3)c2)nc1. The zero-order valence-corrected chi connectivity index (χ0v) is 18.6. The number of benzene rings is 2. The molecule has 166 valence electrons. The lowest BCUT2D eigenvalue weighted by Gasteiger charge is -2.15. The predicted molar refractivity (Wildman–Crippen MR) is 127 cm³/mol. The number of anilines is 3. The first-order valence-corrected chi connectivity index (χ1v) is 11.0. The first kappa shape index (κ1) is 21.8. The highest BCUT2D eigenvalue weighted by atomic mass is 16.5. The third-order valence-electron chi connectivity index (χ3n) is 5.58. The van der Waals surface area contributed by atoms with Gasteiger partial charge in [-0.15, -0.1) is 0 Å². The quantitative estimate of drug-likeness (QED) is 0.544. The molecule has 32 heavy (non-hydrogen) atoms. The summed E-state index contributed by atoms with van der Waals surface area (Å²) in [5, 5.41) is 6.05. The molecule has 1 aromatic heterocycles. The van der Waals surface area contributed by atoms with Crippen molar-refractivity contribution < 1.29 is 9.53 Å². The number of hydrogen-bond donors (Lipinski definition) is 2. The Bertz CT molecular complexity index is 1040. The Kier molecular flexibility index (Phi) is 6.97. The molecule has 1 amide bonds. The summed E-state index contributed by atoms with van der Waals surface area (Å²) in [6.45, 7) is 7.82. The first-order chi connectivity index (χ1) is 15.6. The van der Waals surface area contributed by atoms with Crippen molar-refractivity contribution in [2.75, 3.05) is 36.9 Å². The van der Waals surface area contributed by atoms with Crippen LogP contribution >= 0.6 is 0 Å². The second-order valence-corrected chi connectivity index (χ2v) is 8.07. The maximum atomic E-state index is 12.6. The lowest BCUT2D eigenvalue weighted by Crippen LogP contribution is -2.25. The van der Waals surface area contributed by atoms with Gasteiger partial charge in [0.25, 0.3) is 5.91 Å². The van der Waals surface area contributed by atoms with E-state index in [1.165, 1.54) is 25.9 Å². The van der Waals surface area contributed by atoms with Crippen molar-refractivity contribution in [3.05, 3.63) is 71.5 Å². The molecule has 7 nitrogen and oxygen atoms in total. The molecule has 0 saturated carbocycles. The number of nitrogens with zero attached hydrogens (tertiary/aromatic N) is 3. The molecule has 7 heteroatoms. The van der Waals surface area contributed by atoms with E-state index in [9.17, 15) is 4.79 Å². The molecule has 2 aromatic carbocycles. The molecule has 2 N–H and O–H groups in total. The van der Waals surface area contributed by atoms with Crippen LogP contribution in [0, 0.1) is 13.8 Å². The largest absolute Gasteiger partial charge is 0.492 e. The van der Waals surface area contributed by atoms with Crippen molar-refractivity contribution in [2.45, 2.75) is 26.7 Å². The number of hydrogen-bond acceptors (Lipinski definition) is 6. The van der Waals surface area contributed by atoms with Gasteiger partial charge in [0, 0.05) is 23.9 Å².